The van der Waals surface area contributed by atoms with Crippen LogP contribution in [0.5, 0.6) is 23.0 Å². The normalized spacial score (nSPS) is 16.5. The van der Waals surface area contributed by atoms with Crippen LogP contribution < -0.4 is 14.8 Å². The first-order valence-corrected chi connectivity index (χ1v) is 15.7. The highest BCUT2D eigenvalue weighted by atomic mass is 16.5. The van der Waals surface area contributed by atoms with E-state index in [0.29, 0.717) is 62.8 Å². The summed E-state index contributed by atoms with van der Waals surface area (Å²) in [6.07, 6.45) is 6.69. The van der Waals surface area contributed by atoms with Gasteiger partial charge in [-0.25, -0.2) is 4.79 Å². The lowest BCUT2D eigenvalue weighted by atomic mass is 9.84. The molecule has 2 atom stereocenters. The molecule has 1 amide bonds. The van der Waals surface area contributed by atoms with Gasteiger partial charge in [0.1, 0.15) is 34.3 Å². The second-order valence-corrected chi connectivity index (χ2v) is 11.5. The third kappa shape index (κ3) is 9.12. The summed E-state index contributed by atoms with van der Waals surface area (Å²) in [4.78, 5) is 39.0. The summed E-state index contributed by atoms with van der Waals surface area (Å²) in [6, 6.07) is 16.0. The number of rotatable bonds is 9. The number of hydrogen-bond donors (Lipinski definition) is 3. The Morgan fingerprint density at radius 2 is 1.63 bits per heavy atom. The van der Waals surface area contributed by atoms with Gasteiger partial charge >= 0.3 is 5.97 Å². The third-order valence-corrected chi connectivity index (χ3v) is 8.20. The fourth-order valence-electron chi connectivity index (χ4n) is 5.64. The van der Waals surface area contributed by atoms with Crippen LogP contribution in [-0.2, 0) is 20.7 Å². The molecular formula is C37H43NO8. The quantitative estimate of drug-likeness (QED) is 0.229. The zero-order valence-electron chi connectivity index (χ0n) is 26.7. The van der Waals surface area contributed by atoms with Gasteiger partial charge in [-0.3, -0.25) is 9.59 Å². The molecule has 3 aromatic rings. The monoisotopic (exact) mass is 629 g/mol. The Bertz CT molecular complexity index is 1530. The van der Waals surface area contributed by atoms with Crippen molar-refractivity contribution in [3.05, 3.63) is 88.5 Å². The van der Waals surface area contributed by atoms with Crippen LogP contribution in [0.1, 0.15) is 90.4 Å². The van der Waals surface area contributed by atoms with Gasteiger partial charge in [0, 0.05) is 37.3 Å². The summed E-state index contributed by atoms with van der Waals surface area (Å²) in [5, 5.41) is 26.0. The molecule has 3 aromatic carbocycles. The van der Waals surface area contributed by atoms with Crippen molar-refractivity contribution in [3.63, 3.8) is 0 Å². The Morgan fingerprint density at radius 3 is 2.30 bits per heavy atom. The zero-order valence-corrected chi connectivity index (χ0v) is 26.7. The number of phenolic OH excluding ortho intramolecular Hbond substituents is 2. The molecule has 0 aliphatic carbocycles. The molecule has 0 bridgehead atoms. The maximum atomic E-state index is 13.5. The molecule has 0 spiro atoms. The Hall–Kier alpha value is -4.79. The highest BCUT2D eigenvalue weighted by Gasteiger charge is 2.31. The van der Waals surface area contributed by atoms with Gasteiger partial charge in [-0.05, 0) is 86.1 Å². The van der Waals surface area contributed by atoms with Crippen LogP contribution in [0.4, 0.5) is 0 Å². The minimum atomic E-state index is -0.800. The Labute approximate surface area is 270 Å². The van der Waals surface area contributed by atoms with Crippen molar-refractivity contribution in [1.82, 2.24) is 5.32 Å². The van der Waals surface area contributed by atoms with Gasteiger partial charge in [-0.1, -0.05) is 36.4 Å². The van der Waals surface area contributed by atoms with Crippen molar-refractivity contribution in [2.45, 2.75) is 70.3 Å². The third-order valence-electron chi connectivity index (χ3n) is 8.20. The van der Waals surface area contributed by atoms with E-state index in [1.165, 1.54) is 6.07 Å². The number of esters is 1. The molecule has 9 nitrogen and oxygen atoms in total. The van der Waals surface area contributed by atoms with Crippen LogP contribution in [0.3, 0.4) is 0 Å². The number of carbonyl (C=O) groups excluding carboxylic acids is 3. The van der Waals surface area contributed by atoms with E-state index in [0.717, 1.165) is 11.3 Å². The number of allylic oxidation sites excluding steroid dienone is 1. The lowest BCUT2D eigenvalue weighted by molar-refractivity contribution is -0.121. The molecule has 0 aromatic heterocycles. The van der Waals surface area contributed by atoms with Crippen LogP contribution in [0, 0.1) is 0 Å². The average molecular weight is 630 g/mol. The molecular weight excluding hydrogens is 586 g/mol. The highest BCUT2D eigenvalue weighted by molar-refractivity contribution is 5.98. The number of methoxy groups -OCH3 is 2. The lowest BCUT2D eigenvalue weighted by Gasteiger charge is -2.23. The molecule has 0 saturated carbocycles. The van der Waals surface area contributed by atoms with Gasteiger partial charge in [-0.2, -0.15) is 0 Å². The van der Waals surface area contributed by atoms with Gasteiger partial charge < -0.3 is 29.7 Å². The van der Waals surface area contributed by atoms with E-state index < -0.39 is 23.7 Å². The van der Waals surface area contributed by atoms with Gasteiger partial charge in [0.05, 0.1) is 20.3 Å². The van der Waals surface area contributed by atoms with Crippen molar-refractivity contribution in [1.29, 1.82) is 0 Å². The summed E-state index contributed by atoms with van der Waals surface area (Å²) in [5.41, 5.74) is 1.93. The first-order valence-electron chi connectivity index (χ1n) is 15.7. The predicted molar refractivity (Wildman–Crippen MR) is 176 cm³/mol. The Kier molecular flexibility index (Phi) is 12.2. The van der Waals surface area contributed by atoms with Gasteiger partial charge in [-0.15, -0.1) is 0 Å². The number of Topliss-reactive ketones (excluding diaryl/α,β-unsaturated/α-hetero) is 1. The number of nitrogens with one attached hydrogen (secondary N) is 1. The van der Waals surface area contributed by atoms with Crippen molar-refractivity contribution < 1.29 is 38.8 Å². The number of benzene rings is 3. The van der Waals surface area contributed by atoms with Crippen LogP contribution >= 0.6 is 0 Å². The molecule has 0 radical (unpaired) electrons. The van der Waals surface area contributed by atoms with Crippen LogP contribution in [0.25, 0.3) is 6.08 Å². The topological polar surface area (TPSA) is 131 Å². The number of amides is 1. The van der Waals surface area contributed by atoms with E-state index in [-0.39, 0.29) is 40.6 Å². The Balaban J connectivity index is 1.67. The second kappa shape index (κ2) is 16.5. The fourth-order valence-corrected chi connectivity index (χ4v) is 5.64. The second-order valence-electron chi connectivity index (χ2n) is 11.5. The van der Waals surface area contributed by atoms with E-state index in [2.05, 4.69) is 5.32 Å². The molecule has 46 heavy (non-hydrogen) atoms. The number of hydrogen-bond acceptors (Lipinski definition) is 8. The largest absolute Gasteiger partial charge is 0.507 e. The molecule has 0 fully saturated rings. The van der Waals surface area contributed by atoms with Gasteiger partial charge in [0.25, 0.3) is 0 Å². The maximum absolute atomic E-state index is 13.5. The fraction of sp³-hybridized carbons (Fsp3) is 0.378. The first kappa shape index (κ1) is 34.1. The van der Waals surface area contributed by atoms with Crippen molar-refractivity contribution >= 4 is 23.7 Å². The van der Waals surface area contributed by atoms with E-state index >= 15 is 0 Å². The minimum Gasteiger partial charge on any atom is -0.507 e. The van der Waals surface area contributed by atoms with Crippen molar-refractivity contribution in [2.24, 2.45) is 0 Å². The maximum Gasteiger partial charge on any atom is 0.342 e. The number of ether oxygens (including phenoxy) is 3. The molecule has 9 heteroatoms. The average Bonchev–Trinajstić information content (AvgIpc) is 3.04. The summed E-state index contributed by atoms with van der Waals surface area (Å²) in [6.45, 7) is 2.13. The van der Waals surface area contributed by atoms with E-state index in [9.17, 15) is 24.6 Å². The van der Waals surface area contributed by atoms with E-state index in [1.807, 2.05) is 30.3 Å². The number of fused-ring (bicyclic) bond motifs is 1. The van der Waals surface area contributed by atoms with E-state index in [1.54, 1.807) is 51.5 Å². The molecule has 0 saturated heterocycles. The number of ketones is 1. The molecule has 1 aliphatic rings. The number of cyclic esters (lactones) is 1. The number of carbonyl (C=O) groups is 3. The molecule has 1 aliphatic heterocycles. The molecule has 3 N–H and O–H groups in total. The summed E-state index contributed by atoms with van der Waals surface area (Å²) in [5.74, 6) is -1.00. The van der Waals surface area contributed by atoms with Crippen LogP contribution in [-0.4, -0.2) is 54.7 Å². The summed E-state index contributed by atoms with van der Waals surface area (Å²) < 4.78 is 16.2. The number of aromatic hydroxyl groups is 2. The van der Waals surface area contributed by atoms with Crippen molar-refractivity contribution in [3.8, 4) is 23.0 Å². The predicted octanol–water partition coefficient (Wildman–Crippen LogP) is 6.48. The van der Waals surface area contributed by atoms with Gasteiger partial charge in [0.2, 0.25) is 5.91 Å². The van der Waals surface area contributed by atoms with Crippen LogP contribution in [0.15, 0.2) is 60.7 Å². The summed E-state index contributed by atoms with van der Waals surface area (Å²) in [7, 11) is 3.15. The SMILES string of the molecule is COc1ccc(CCNC(=O)CC(c2ccc(OC)cc2)c2c(O)cc3c(c2O)C(=O)OC(C)CCCC(=O)CCCC=C3)cc1. The van der Waals surface area contributed by atoms with Gasteiger partial charge in [0.15, 0.2) is 0 Å². The smallest absolute Gasteiger partial charge is 0.342 e. The number of phenols is 2. The molecule has 4 rings (SSSR count). The molecule has 2 unspecified atom stereocenters. The molecule has 244 valence electrons. The molecule has 1 heterocycles. The van der Waals surface area contributed by atoms with Crippen molar-refractivity contribution in [2.75, 3.05) is 20.8 Å². The first-order chi connectivity index (χ1) is 22.2. The Morgan fingerprint density at radius 1 is 0.978 bits per heavy atom. The lowest BCUT2D eigenvalue weighted by Crippen LogP contribution is -2.27. The summed E-state index contributed by atoms with van der Waals surface area (Å²) >= 11 is 0. The zero-order chi connectivity index (χ0) is 33.1. The highest BCUT2D eigenvalue weighted by Crippen LogP contribution is 2.44. The van der Waals surface area contributed by atoms with Crippen LogP contribution in [0.2, 0.25) is 0 Å². The van der Waals surface area contributed by atoms with E-state index in [4.69, 9.17) is 14.2 Å². The minimum absolute atomic E-state index is 0.0546. The standard InChI is InChI=1S/C37H43NO8/c1-24-8-7-11-28(39)10-6-4-5-9-27-22-32(40)35(36(42)34(27)37(43)46-24)31(26-14-18-30(45-3)19-15-26)23-33(41)38-21-20-25-12-16-29(44-2)17-13-25/h5,9,12-19,22,24,31,40,42H,4,6-8,10-11,20-21,23H2,1-3H3,(H,38,41).